The number of phenols is 1. The molecule has 6 heteroatoms. The average Bonchev–Trinajstić information content (AvgIpc) is 2.56. The van der Waals surface area contributed by atoms with Crippen molar-refractivity contribution in [3.05, 3.63) is 53.2 Å². The Morgan fingerprint density at radius 2 is 1.77 bits per heavy atom. The summed E-state index contributed by atoms with van der Waals surface area (Å²) in [5, 5.41) is 9.91. The molecule has 0 radical (unpaired) electrons. The monoisotopic (exact) mass is 317 g/mol. The van der Waals surface area contributed by atoms with Crippen LogP contribution < -0.4 is 4.90 Å². The Bertz CT molecular complexity index is 667. The number of piperazine rings is 1. The molecule has 1 aliphatic rings. The Labute approximate surface area is 133 Å². The molecule has 2 heterocycles. The molecule has 1 aliphatic heterocycles. The highest BCUT2D eigenvalue weighted by atomic mass is 35.5. The van der Waals surface area contributed by atoms with Gasteiger partial charge in [0.2, 0.25) is 0 Å². The number of rotatable bonds is 2. The number of aromatic nitrogens is 1. The smallest absolute Gasteiger partial charge is 0.253 e. The van der Waals surface area contributed by atoms with Gasteiger partial charge in [0.25, 0.3) is 5.91 Å². The highest BCUT2D eigenvalue weighted by Gasteiger charge is 2.23. The molecule has 1 N–H and O–H groups in total. The maximum absolute atomic E-state index is 12.4. The lowest BCUT2D eigenvalue weighted by Crippen LogP contribution is -2.49. The second kappa shape index (κ2) is 6.23. The Morgan fingerprint density at radius 3 is 2.41 bits per heavy atom. The lowest BCUT2D eigenvalue weighted by Gasteiger charge is -2.35. The lowest BCUT2D eigenvalue weighted by atomic mass is 10.1. The maximum Gasteiger partial charge on any atom is 0.253 e. The number of carbonyl (C=O) groups is 1. The summed E-state index contributed by atoms with van der Waals surface area (Å²) in [7, 11) is 0. The molecule has 1 aromatic carbocycles. The van der Waals surface area contributed by atoms with Crippen molar-refractivity contribution in [1.29, 1.82) is 0 Å². The predicted molar refractivity (Wildman–Crippen MR) is 85.5 cm³/mol. The summed E-state index contributed by atoms with van der Waals surface area (Å²) in [6.07, 6.45) is 1.72. The van der Waals surface area contributed by atoms with E-state index in [1.807, 2.05) is 6.07 Å². The van der Waals surface area contributed by atoms with Gasteiger partial charge < -0.3 is 14.9 Å². The number of phenolic OH excluding ortho intramolecular Hbond substituents is 1. The molecule has 22 heavy (non-hydrogen) atoms. The van der Waals surface area contributed by atoms with Gasteiger partial charge in [0.15, 0.2) is 0 Å². The molecule has 1 fully saturated rings. The Balaban J connectivity index is 1.65. The van der Waals surface area contributed by atoms with Gasteiger partial charge in [-0.05, 0) is 36.4 Å². The van der Waals surface area contributed by atoms with Crippen LogP contribution in [0.3, 0.4) is 0 Å². The van der Waals surface area contributed by atoms with Crippen LogP contribution in [0.4, 0.5) is 5.82 Å². The van der Waals surface area contributed by atoms with Gasteiger partial charge in [0.05, 0.1) is 5.02 Å². The first-order valence-electron chi connectivity index (χ1n) is 7.09. The number of benzene rings is 1. The molecule has 5 nitrogen and oxygen atoms in total. The van der Waals surface area contributed by atoms with E-state index >= 15 is 0 Å². The van der Waals surface area contributed by atoms with E-state index in [9.17, 15) is 9.90 Å². The fourth-order valence-corrected chi connectivity index (χ4v) is 2.76. The summed E-state index contributed by atoms with van der Waals surface area (Å²) in [4.78, 5) is 20.6. The molecule has 0 atom stereocenters. The van der Waals surface area contributed by atoms with Crippen LogP contribution >= 0.6 is 11.6 Å². The zero-order chi connectivity index (χ0) is 15.5. The number of amides is 1. The summed E-state index contributed by atoms with van der Waals surface area (Å²) in [6.45, 7) is 2.63. The topological polar surface area (TPSA) is 56.7 Å². The molecular formula is C16H16ClN3O2. The zero-order valence-electron chi connectivity index (χ0n) is 11.9. The van der Waals surface area contributed by atoms with Crippen LogP contribution in [0.25, 0.3) is 0 Å². The largest absolute Gasteiger partial charge is 0.508 e. The van der Waals surface area contributed by atoms with E-state index < -0.39 is 0 Å². The summed E-state index contributed by atoms with van der Waals surface area (Å²) in [5.41, 5.74) is 0.585. The van der Waals surface area contributed by atoms with Gasteiger partial charge in [0.1, 0.15) is 11.6 Å². The molecule has 2 aromatic rings. The SMILES string of the molecule is O=C(c1ccc(O)cc1)N1CCN(c2ncccc2Cl)CC1. The van der Waals surface area contributed by atoms with Gasteiger partial charge in [-0.3, -0.25) is 4.79 Å². The molecule has 0 bridgehead atoms. The average molecular weight is 318 g/mol. The third-order valence-electron chi connectivity index (χ3n) is 3.72. The van der Waals surface area contributed by atoms with Crippen molar-refractivity contribution < 1.29 is 9.90 Å². The van der Waals surface area contributed by atoms with Crippen molar-refractivity contribution in [2.45, 2.75) is 0 Å². The van der Waals surface area contributed by atoms with E-state index in [0.717, 1.165) is 5.82 Å². The fourth-order valence-electron chi connectivity index (χ4n) is 2.52. The van der Waals surface area contributed by atoms with Crippen LogP contribution in [-0.4, -0.2) is 47.1 Å². The van der Waals surface area contributed by atoms with E-state index in [0.29, 0.717) is 36.8 Å². The molecule has 0 unspecified atom stereocenters. The number of hydrogen-bond donors (Lipinski definition) is 1. The molecule has 114 valence electrons. The van der Waals surface area contributed by atoms with Crippen LogP contribution in [0.2, 0.25) is 5.02 Å². The maximum atomic E-state index is 12.4. The Hall–Kier alpha value is -2.27. The molecule has 0 aliphatic carbocycles. The molecule has 1 saturated heterocycles. The second-order valence-electron chi connectivity index (χ2n) is 5.13. The molecule has 1 amide bonds. The molecule has 0 saturated carbocycles. The third-order valence-corrected chi connectivity index (χ3v) is 4.01. The summed E-state index contributed by atoms with van der Waals surface area (Å²) in [5.74, 6) is 0.902. The highest BCUT2D eigenvalue weighted by molar-refractivity contribution is 6.32. The van der Waals surface area contributed by atoms with E-state index in [1.54, 1.807) is 29.3 Å². The van der Waals surface area contributed by atoms with Gasteiger partial charge in [-0.25, -0.2) is 4.98 Å². The zero-order valence-corrected chi connectivity index (χ0v) is 12.7. The summed E-state index contributed by atoms with van der Waals surface area (Å²) < 4.78 is 0. The van der Waals surface area contributed by atoms with Gasteiger partial charge in [-0.1, -0.05) is 11.6 Å². The van der Waals surface area contributed by atoms with Crippen LogP contribution in [-0.2, 0) is 0 Å². The van der Waals surface area contributed by atoms with Gasteiger partial charge >= 0.3 is 0 Å². The minimum absolute atomic E-state index is 0.0215. The lowest BCUT2D eigenvalue weighted by molar-refractivity contribution is 0.0746. The van der Waals surface area contributed by atoms with Crippen molar-refractivity contribution in [2.24, 2.45) is 0 Å². The first-order chi connectivity index (χ1) is 10.6. The predicted octanol–water partition coefficient (Wildman–Crippen LogP) is 2.40. The number of carbonyl (C=O) groups excluding carboxylic acids is 1. The van der Waals surface area contributed by atoms with Crippen molar-refractivity contribution in [1.82, 2.24) is 9.88 Å². The number of aromatic hydroxyl groups is 1. The second-order valence-corrected chi connectivity index (χ2v) is 5.54. The van der Waals surface area contributed by atoms with E-state index in [2.05, 4.69) is 9.88 Å². The van der Waals surface area contributed by atoms with Crippen molar-refractivity contribution in [3.8, 4) is 5.75 Å². The van der Waals surface area contributed by atoms with Crippen molar-refractivity contribution in [2.75, 3.05) is 31.1 Å². The Morgan fingerprint density at radius 1 is 1.09 bits per heavy atom. The van der Waals surface area contributed by atoms with E-state index in [-0.39, 0.29) is 11.7 Å². The minimum atomic E-state index is -0.0215. The fraction of sp³-hybridized carbons (Fsp3) is 0.250. The van der Waals surface area contributed by atoms with Crippen LogP contribution in [0, 0.1) is 0 Å². The minimum Gasteiger partial charge on any atom is -0.508 e. The number of pyridine rings is 1. The third kappa shape index (κ3) is 2.99. The van der Waals surface area contributed by atoms with E-state index in [1.165, 1.54) is 12.1 Å². The number of nitrogens with zero attached hydrogens (tertiary/aromatic N) is 3. The quantitative estimate of drug-likeness (QED) is 0.924. The van der Waals surface area contributed by atoms with Crippen molar-refractivity contribution in [3.63, 3.8) is 0 Å². The number of halogens is 1. The van der Waals surface area contributed by atoms with Crippen LogP contribution in [0.1, 0.15) is 10.4 Å². The van der Waals surface area contributed by atoms with Gasteiger partial charge in [-0.15, -0.1) is 0 Å². The van der Waals surface area contributed by atoms with E-state index in [4.69, 9.17) is 11.6 Å². The van der Waals surface area contributed by atoms with Crippen molar-refractivity contribution >= 4 is 23.3 Å². The molecule has 1 aromatic heterocycles. The molecular weight excluding hydrogens is 302 g/mol. The first-order valence-corrected chi connectivity index (χ1v) is 7.47. The normalized spacial score (nSPS) is 15.0. The standard InChI is InChI=1S/C16H16ClN3O2/c17-14-2-1-7-18-15(14)19-8-10-20(11-9-19)16(22)12-3-5-13(21)6-4-12/h1-7,21H,8-11H2. The molecule has 3 rings (SSSR count). The number of hydrogen-bond acceptors (Lipinski definition) is 4. The molecule has 0 spiro atoms. The van der Waals surface area contributed by atoms with Crippen LogP contribution in [0.5, 0.6) is 5.75 Å². The summed E-state index contributed by atoms with van der Waals surface area (Å²) in [6, 6.07) is 9.95. The van der Waals surface area contributed by atoms with Crippen LogP contribution in [0.15, 0.2) is 42.6 Å². The Kier molecular flexibility index (Phi) is 4.15. The van der Waals surface area contributed by atoms with Gasteiger partial charge in [-0.2, -0.15) is 0 Å². The first kappa shape index (κ1) is 14.7. The highest BCUT2D eigenvalue weighted by Crippen LogP contribution is 2.23. The summed E-state index contributed by atoms with van der Waals surface area (Å²) >= 11 is 6.16. The van der Waals surface area contributed by atoms with Gasteiger partial charge in [0, 0.05) is 37.9 Å². The number of anilines is 1.